The fourth-order valence-electron chi connectivity index (χ4n) is 1.93. The number of hydrogen-bond acceptors (Lipinski definition) is 3. The summed E-state index contributed by atoms with van der Waals surface area (Å²) in [4.78, 5) is 0.233. The van der Waals surface area contributed by atoms with Crippen LogP contribution in [0.1, 0.15) is 12.5 Å². The van der Waals surface area contributed by atoms with Crippen LogP contribution in [0.25, 0.3) is 0 Å². The van der Waals surface area contributed by atoms with Crippen LogP contribution in [-0.2, 0) is 10.0 Å². The number of sulfonamides is 1. The maximum atomic E-state index is 12.4. The van der Waals surface area contributed by atoms with Gasteiger partial charge in [-0.2, -0.15) is 9.57 Å². The molecule has 18 heavy (non-hydrogen) atoms. The van der Waals surface area contributed by atoms with Crippen LogP contribution in [0.2, 0.25) is 0 Å². The van der Waals surface area contributed by atoms with Crippen molar-refractivity contribution in [3.63, 3.8) is 0 Å². The molecule has 1 atom stereocenters. The zero-order valence-corrected chi connectivity index (χ0v) is 11.1. The molecule has 94 valence electrons. The number of nitriles is 1. The molecule has 1 aliphatic heterocycles. The van der Waals surface area contributed by atoms with Gasteiger partial charge >= 0.3 is 0 Å². The van der Waals surface area contributed by atoms with Crippen molar-refractivity contribution in [1.82, 2.24) is 4.31 Å². The van der Waals surface area contributed by atoms with Gasteiger partial charge in [0.25, 0.3) is 0 Å². The number of hydrogen-bond donors (Lipinski definition) is 0. The number of aryl methyl sites for hydroxylation is 1. The van der Waals surface area contributed by atoms with E-state index in [9.17, 15) is 8.42 Å². The largest absolute Gasteiger partial charge is 0.244 e. The van der Waals surface area contributed by atoms with Gasteiger partial charge in [0.1, 0.15) is 6.04 Å². The summed E-state index contributed by atoms with van der Waals surface area (Å²) >= 11 is 0. The highest BCUT2D eigenvalue weighted by Gasteiger charge is 2.35. The summed E-state index contributed by atoms with van der Waals surface area (Å²) in [7, 11) is -3.59. The van der Waals surface area contributed by atoms with E-state index in [1.807, 2.05) is 13.0 Å². The van der Waals surface area contributed by atoms with Crippen LogP contribution in [0.15, 0.2) is 40.8 Å². The first-order valence-electron chi connectivity index (χ1n) is 5.61. The molecule has 0 fully saturated rings. The minimum Gasteiger partial charge on any atom is -0.207 e. The average Bonchev–Trinajstić information content (AvgIpc) is 2.71. The topological polar surface area (TPSA) is 61.2 Å². The lowest BCUT2D eigenvalue weighted by atomic mass is 10.2. The third-order valence-corrected chi connectivity index (χ3v) is 4.91. The fourth-order valence-corrected chi connectivity index (χ4v) is 3.44. The second kappa shape index (κ2) is 4.56. The average molecular weight is 262 g/mol. The molecule has 0 aliphatic carbocycles. The van der Waals surface area contributed by atoms with Crippen molar-refractivity contribution < 1.29 is 8.42 Å². The lowest BCUT2D eigenvalue weighted by Gasteiger charge is -2.20. The van der Waals surface area contributed by atoms with E-state index >= 15 is 0 Å². The van der Waals surface area contributed by atoms with Crippen LogP contribution < -0.4 is 0 Å². The third-order valence-electron chi connectivity index (χ3n) is 3.06. The van der Waals surface area contributed by atoms with Gasteiger partial charge in [0, 0.05) is 6.54 Å². The lowest BCUT2D eigenvalue weighted by Crippen LogP contribution is -2.36. The van der Waals surface area contributed by atoms with Gasteiger partial charge in [-0.15, -0.1) is 0 Å². The van der Waals surface area contributed by atoms with Gasteiger partial charge in [0.15, 0.2) is 0 Å². The quantitative estimate of drug-likeness (QED) is 0.764. The van der Waals surface area contributed by atoms with Gasteiger partial charge < -0.3 is 0 Å². The van der Waals surface area contributed by atoms with Crippen molar-refractivity contribution in [2.75, 3.05) is 6.54 Å². The number of nitrogens with zero attached hydrogens (tertiary/aromatic N) is 2. The van der Waals surface area contributed by atoms with Crippen LogP contribution in [0, 0.1) is 18.3 Å². The second-order valence-electron chi connectivity index (χ2n) is 4.37. The van der Waals surface area contributed by atoms with Gasteiger partial charge in [-0.1, -0.05) is 23.8 Å². The summed E-state index contributed by atoms with van der Waals surface area (Å²) < 4.78 is 26.0. The van der Waals surface area contributed by atoms with Crippen molar-refractivity contribution in [2.24, 2.45) is 0 Å². The van der Waals surface area contributed by atoms with E-state index in [0.717, 1.165) is 11.1 Å². The summed E-state index contributed by atoms with van der Waals surface area (Å²) in [5.74, 6) is 0. The molecular formula is C13H14N2O2S. The predicted octanol–water partition coefficient (Wildman–Crippen LogP) is 1.84. The van der Waals surface area contributed by atoms with Crippen molar-refractivity contribution in [2.45, 2.75) is 24.8 Å². The molecule has 1 aromatic rings. The van der Waals surface area contributed by atoms with E-state index in [-0.39, 0.29) is 11.4 Å². The summed E-state index contributed by atoms with van der Waals surface area (Å²) in [5, 5.41) is 9.06. The van der Waals surface area contributed by atoms with Crippen molar-refractivity contribution in [1.29, 1.82) is 5.26 Å². The molecule has 0 bridgehead atoms. The summed E-state index contributed by atoms with van der Waals surface area (Å²) in [6, 6.07) is 8.01. The molecule has 0 spiro atoms. The van der Waals surface area contributed by atoms with Crippen LogP contribution in [0.4, 0.5) is 0 Å². The minimum absolute atomic E-state index is 0.233. The van der Waals surface area contributed by atoms with E-state index < -0.39 is 16.1 Å². The molecule has 2 rings (SSSR count). The van der Waals surface area contributed by atoms with Crippen molar-refractivity contribution >= 4 is 10.0 Å². The molecule has 0 N–H and O–H groups in total. The highest BCUT2D eigenvalue weighted by atomic mass is 32.2. The first kappa shape index (κ1) is 12.8. The normalized spacial score (nSPS) is 20.5. The molecule has 0 amide bonds. The Bertz CT molecular complexity index is 624. The number of benzene rings is 1. The molecule has 0 saturated heterocycles. The van der Waals surface area contributed by atoms with E-state index in [4.69, 9.17) is 5.26 Å². The van der Waals surface area contributed by atoms with E-state index in [1.165, 1.54) is 4.31 Å². The lowest BCUT2D eigenvalue weighted by molar-refractivity contribution is 0.447. The van der Waals surface area contributed by atoms with Crippen LogP contribution >= 0.6 is 0 Å². The van der Waals surface area contributed by atoms with E-state index in [1.54, 1.807) is 37.3 Å². The molecule has 0 radical (unpaired) electrons. The maximum Gasteiger partial charge on any atom is 0.244 e. The Labute approximate surface area is 107 Å². The molecule has 0 aromatic heterocycles. The molecule has 0 saturated carbocycles. The zero-order valence-electron chi connectivity index (χ0n) is 10.3. The summed E-state index contributed by atoms with van der Waals surface area (Å²) in [6.45, 7) is 3.94. The second-order valence-corrected chi connectivity index (χ2v) is 6.26. The van der Waals surface area contributed by atoms with Gasteiger partial charge in [0.05, 0.1) is 11.0 Å². The Balaban J connectivity index is 2.39. The molecule has 4 nitrogen and oxygen atoms in total. The Morgan fingerprint density at radius 3 is 2.44 bits per heavy atom. The Morgan fingerprint density at radius 1 is 1.28 bits per heavy atom. The Kier molecular flexibility index (Phi) is 3.24. The van der Waals surface area contributed by atoms with Crippen molar-refractivity contribution in [3.05, 3.63) is 41.5 Å². The van der Waals surface area contributed by atoms with Gasteiger partial charge in [0.2, 0.25) is 10.0 Å². The fraction of sp³-hybridized carbons (Fsp3) is 0.308. The molecule has 5 heteroatoms. The highest BCUT2D eigenvalue weighted by molar-refractivity contribution is 7.89. The van der Waals surface area contributed by atoms with Crippen LogP contribution in [0.3, 0.4) is 0 Å². The molecule has 1 unspecified atom stereocenters. The minimum atomic E-state index is -3.59. The summed E-state index contributed by atoms with van der Waals surface area (Å²) in [6.07, 6.45) is 1.78. The van der Waals surface area contributed by atoms with Gasteiger partial charge in [-0.05, 0) is 31.6 Å². The van der Waals surface area contributed by atoms with Gasteiger partial charge in [-0.3, -0.25) is 0 Å². The molecule has 1 aromatic carbocycles. The van der Waals surface area contributed by atoms with E-state index in [0.29, 0.717) is 0 Å². The predicted molar refractivity (Wildman–Crippen MR) is 68.2 cm³/mol. The molecule has 1 aliphatic rings. The van der Waals surface area contributed by atoms with Crippen molar-refractivity contribution in [3.8, 4) is 6.07 Å². The Morgan fingerprint density at radius 2 is 1.89 bits per heavy atom. The van der Waals surface area contributed by atoms with Crippen LogP contribution in [-0.4, -0.2) is 25.3 Å². The molecular weight excluding hydrogens is 248 g/mol. The third kappa shape index (κ3) is 2.05. The first-order valence-corrected chi connectivity index (χ1v) is 7.05. The first-order chi connectivity index (χ1) is 8.46. The SMILES string of the molecule is CC1=CCN(S(=O)(=O)c2ccc(C)cc2)C1C#N. The smallest absolute Gasteiger partial charge is 0.207 e. The highest BCUT2D eigenvalue weighted by Crippen LogP contribution is 2.25. The standard InChI is InChI=1S/C13H14N2O2S/c1-10-3-5-12(6-4-10)18(16,17)15-8-7-11(2)13(15)9-14/h3-7,13H,8H2,1-2H3. The van der Waals surface area contributed by atoms with Crippen LogP contribution in [0.5, 0.6) is 0 Å². The zero-order chi connectivity index (χ0) is 13.3. The maximum absolute atomic E-state index is 12.4. The Hall–Kier alpha value is -1.64. The monoisotopic (exact) mass is 262 g/mol. The number of rotatable bonds is 2. The van der Waals surface area contributed by atoms with Gasteiger partial charge in [-0.25, -0.2) is 8.42 Å². The summed E-state index contributed by atoms with van der Waals surface area (Å²) in [5.41, 5.74) is 1.79. The molecule has 1 heterocycles. The van der Waals surface area contributed by atoms with E-state index in [2.05, 4.69) is 0 Å².